The Balaban J connectivity index is 2.84. The van der Waals surface area contributed by atoms with Gasteiger partial charge in [0.2, 0.25) is 6.54 Å². The van der Waals surface area contributed by atoms with E-state index in [4.69, 9.17) is 11.3 Å². The Morgan fingerprint density at radius 2 is 2.43 bits per heavy atom. The fourth-order valence-corrected chi connectivity index (χ4v) is 2.06. The highest BCUT2D eigenvalue weighted by Gasteiger charge is 2.37. The maximum atomic E-state index is 6.99. The molecule has 1 aliphatic heterocycles. The fraction of sp³-hybridized carbons (Fsp3) is 0.727. The molecule has 0 radical (unpaired) electrons. The predicted molar refractivity (Wildman–Crippen MR) is 56.8 cm³/mol. The minimum absolute atomic E-state index is 0.0231. The lowest BCUT2D eigenvalue weighted by Crippen LogP contribution is -2.42. The Morgan fingerprint density at radius 1 is 1.71 bits per heavy atom. The van der Waals surface area contributed by atoms with Gasteiger partial charge < -0.3 is 14.5 Å². The van der Waals surface area contributed by atoms with E-state index in [9.17, 15) is 0 Å². The molecule has 0 N–H and O–H groups in total. The molecule has 3 heteroatoms. The van der Waals surface area contributed by atoms with E-state index in [0.717, 1.165) is 19.5 Å². The molecular formula is C11H18N2O. The van der Waals surface area contributed by atoms with Crippen LogP contribution in [-0.2, 0) is 4.74 Å². The minimum Gasteiger partial charge on any atom is -0.504 e. The first-order chi connectivity index (χ1) is 6.62. The van der Waals surface area contributed by atoms with Crippen molar-refractivity contribution >= 4 is 0 Å². The van der Waals surface area contributed by atoms with Crippen LogP contribution in [0.3, 0.4) is 0 Å². The van der Waals surface area contributed by atoms with E-state index in [2.05, 4.69) is 23.7 Å². The van der Waals surface area contributed by atoms with Crippen LogP contribution in [0.1, 0.15) is 13.3 Å². The van der Waals surface area contributed by atoms with E-state index >= 15 is 0 Å². The van der Waals surface area contributed by atoms with Gasteiger partial charge >= 0.3 is 0 Å². The topological polar surface area (TPSA) is 16.8 Å². The van der Waals surface area contributed by atoms with E-state index in [1.165, 1.54) is 5.57 Å². The second kappa shape index (κ2) is 4.47. The van der Waals surface area contributed by atoms with E-state index in [-0.39, 0.29) is 5.41 Å². The van der Waals surface area contributed by atoms with Gasteiger partial charge in [-0.25, -0.2) is 6.57 Å². The van der Waals surface area contributed by atoms with Gasteiger partial charge in [-0.05, 0) is 26.0 Å². The minimum atomic E-state index is -0.0231. The summed E-state index contributed by atoms with van der Waals surface area (Å²) in [6.45, 7) is 11.7. The maximum absolute atomic E-state index is 6.99. The first-order valence-electron chi connectivity index (χ1n) is 4.86. The summed E-state index contributed by atoms with van der Waals surface area (Å²) in [7, 11) is 3.77. The van der Waals surface area contributed by atoms with Crippen LogP contribution < -0.4 is 0 Å². The first kappa shape index (κ1) is 11.1. The number of rotatable bonds is 2. The van der Waals surface area contributed by atoms with Crippen molar-refractivity contribution in [2.24, 2.45) is 5.41 Å². The molecule has 78 valence electrons. The maximum Gasteiger partial charge on any atom is 0.225 e. The molecule has 0 amide bonds. The zero-order valence-corrected chi connectivity index (χ0v) is 9.21. The summed E-state index contributed by atoms with van der Waals surface area (Å²) in [6, 6.07) is 0. The van der Waals surface area contributed by atoms with Crippen LogP contribution in [0, 0.1) is 12.0 Å². The lowest BCUT2D eigenvalue weighted by Gasteiger charge is -2.37. The first-order valence-corrected chi connectivity index (χ1v) is 4.86. The average molecular weight is 194 g/mol. The Morgan fingerprint density at radius 3 is 3.00 bits per heavy atom. The molecule has 0 spiro atoms. The van der Waals surface area contributed by atoms with Crippen molar-refractivity contribution in [1.29, 1.82) is 0 Å². The van der Waals surface area contributed by atoms with Gasteiger partial charge in [0, 0.05) is 13.1 Å². The molecule has 0 aromatic heterocycles. The normalized spacial score (nSPS) is 31.4. The van der Waals surface area contributed by atoms with Crippen LogP contribution in [0.2, 0.25) is 0 Å². The highest BCUT2D eigenvalue weighted by molar-refractivity contribution is 5.17. The second-order valence-electron chi connectivity index (χ2n) is 4.24. The average Bonchev–Trinajstić information content (AvgIpc) is 2.10. The van der Waals surface area contributed by atoms with Crippen LogP contribution >= 0.6 is 0 Å². The fourth-order valence-electron chi connectivity index (χ4n) is 2.06. The van der Waals surface area contributed by atoms with Crippen LogP contribution in [0.4, 0.5) is 0 Å². The van der Waals surface area contributed by atoms with Crippen molar-refractivity contribution in [3.63, 3.8) is 0 Å². The number of hydrogen-bond donors (Lipinski definition) is 0. The van der Waals surface area contributed by atoms with Gasteiger partial charge in [0.15, 0.2) is 0 Å². The molecule has 1 atom stereocenters. The Hall–Kier alpha value is -1.01. The monoisotopic (exact) mass is 194 g/mol. The predicted octanol–water partition coefficient (Wildman–Crippen LogP) is 1.78. The lowest BCUT2D eigenvalue weighted by atomic mass is 9.78. The molecule has 0 bridgehead atoms. The Kier molecular flexibility index (Phi) is 3.54. The van der Waals surface area contributed by atoms with E-state index < -0.39 is 0 Å². The van der Waals surface area contributed by atoms with E-state index in [1.807, 2.05) is 6.26 Å². The smallest absolute Gasteiger partial charge is 0.225 e. The van der Waals surface area contributed by atoms with E-state index in [0.29, 0.717) is 6.54 Å². The van der Waals surface area contributed by atoms with Gasteiger partial charge in [-0.15, -0.1) is 0 Å². The zero-order chi connectivity index (χ0) is 10.6. The molecule has 1 heterocycles. The number of ether oxygens (including phenoxy) is 1. The summed E-state index contributed by atoms with van der Waals surface area (Å²) in [5.74, 6) is 0. The number of methoxy groups -OCH3 is 1. The van der Waals surface area contributed by atoms with Gasteiger partial charge in [0.25, 0.3) is 0 Å². The SMILES string of the molecule is [C-]#[N+]CC1(C)CN(C)CC/C1=C/OC. The standard InChI is InChI=1S/C11H18N2O/c1-11(8-12-2)9-13(3)6-5-10(11)7-14-4/h7H,5-6,8-9H2,1,3-4H3/b10-7-. The highest BCUT2D eigenvalue weighted by Crippen LogP contribution is 2.34. The van der Waals surface area contributed by atoms with Gasteiger partial charge in [-0.1, -0.05) is 0 Å². The molecule has 1 fully saturated rings. The van der Waals surface area contributed by atoms with Crippen molar-refractivity contribution in [3.05, 3.63) is 23.3 Å². The van der Waals surface area contributed by atoms with Crippen LogP contribution in [0.5, 0.6) is 0 Å². The zero-order valence-electron chi connectivity index (χ0n) is 9.21. The number of likely N-dealkylation sites (tertiary alicyclic amines) is 1. The van der Waals surface area contributed by atoms with Crippen molar-refractivity contribution in [3.8, 4) is 0 Å². The summed E-state index contributed by atoms with van der Waals surface area (Å²) in [5, 5.41) is 0. The molecule has 0 aliphatic carbocycles. The Labute approximate surface area is 86.2 Å². The van der Waals surface area contributed by atoms with Crippen LogP contribution in [0.15, 0.2) is 11.8 Å². The molecule has 1 unspecified atom stereocenters. The summed E-state index contributed by atoms with van der Waals surface area (Å²) in [5.41, 5.74) is 1.25. The third-order valence-corrected chi connectivity index (χ3v) is 2.85. The van der Waals surface area contributed by atoms with Crippen molar-refractivity contribution in [1.82, 2.24) is 4.90 Å². The number of nitrogens with zero attached hydrogens (tertiary/aromatic N) is 2. The van der Waals surface area contributed by atoms with Gasteiger partial charge in [-0.3, -0.25) is 0 Å². The molecule has 1 saturated heterocycles. The summed E-state index contributed by atoms with van der Waals surface area (Å²) in [4.78, 5) is 5.80. The quantitative estimate of drug-likeness (QED) is 0.492. The second-order valence-corrected chi connectivity index (χ2v) is 4.24. The summed E-state index contributed by atoms with van der Waals surface area (Å²) >= 11 is 0. The third kappa shape index (κ3) is 2.27. The highest BCUT2D eigenvalue weighted by atomic mass is 16.5. The molecule has 3 nitrogen and oxygen atoms in total. The molecule has 1 aliphatic rings. The third-order valence-electron chi connectivity index (χ3n) is 2.85. The van der Waals surface area contributed by atoms with Gasteiger partial charge in [-0.2, -0.15) is 0 Å². The van der Waals surface area contributed by atoms with Crippen LogP contribution in [0.25, 0.3) is 4.85 Å². The van der Waals surface area contributed by atoms with Gasteiger partial charge in [0.1, 0.15) is 0 Å². The summed E-state index contributed by atoms with van der Waals surface area (Å²) in [6.07, 6.45) is 2.83. The van der Waals surface area contributed by atoms with Crippen molar-refractivity contribution in [2.45, 2.75) is 13.3 Å². The molecular weight excluding hydrogens is 176 g/mol. The van der Waals surface area contributed by atoms with Crippen molar-refractivity contribution in [2.75, 3.05) is 33.8 Å². The lowest BCUT2D eigenvalue weighted by molar-refractivity contribution is 0.187. The molecule has 0 aromatic rings. The molecule has 0 saturated carbocycles. The molecule has 1 rings (SSSR count). The van der Waals surface area contributed by atoms with Gasteiger partial charge in [0.05, 0.1) is 18.8 Å². The molecule has 0 aromatic carbocycles. The van der Waals surface area contributed by atoms with Crippen molar-refractivity contribution < 1.29 is 4.74 Å². The number of hydrogen-bond acceptors (Lipinski definition) is 2. The largest absolute Gasteiger partial charge is 0.504 e. The Bertz CT molecular complexity index is 267. The van der Waals surface area contributed by atoms with E-state index in [1.54, 1.807) is 7.11 Å². The summed E-state index contributed by atoms with van der Waals surface area (Å²) < 4.78 is 5.07. The van der Waals surface area contributed by atoms with Crippen LogP contribution in [-0.4, -0.2) is 38.7 Å². The number of piperidine rings is 1. The molecule has 14 heavy (non-hydrogen) atoms.